The number of hydrogen-bond donors (Lipinski definition) is 1. The van der Waals surface area contributed by atoms with E-state index in [1.54, 1.807) is 0 Å². The van der Waals surface area contributed by atoms with Gasteiger partial charge in [-0.15, -0.1) is 0 Å². The van der Waals surface area contributed by atoms with Gasteiger partial charge in [-0.3, -0.25) is 4.79 Å². The fourth-order valence-electron chi connectivity index (χ4n) is 4.72. The lowest BCUT2D eigenvalue weighted by atomic mass is 10.0. The summed E-state index contributed by atoms with van der Waals surface area (Å²) < 4.78 is 8.37. The van der Waals surface area contributed by atoms with Crippen molar-refractivity contribution in [2.45, 2.75) is 85.6 Å². The number of halogens is 1. The lowest BCUT2D eigenvalue weighted by molar-refractivity contribution is -0.125. The average molecular weight is 512 g/mol. The van der Waals surface area contributed by atoms with Crippen LogP contribution in [0.15, 0.2) is 36.4 Å². The van der Waals surface area contributed by atoms with Gasteiger partial charge >= 0.3 is 0 Å². The van der Waals surface area contributed by atoms with E-state index in [2.05, 4.69) is 48.0 Å². The topological polar surface area (TPSA) is 56.2 Å². The standard InChI is InChI=1S/C30H42ClN3O2/c1-5-24(6-2)30(35)32-17-11-7-8-16-28-33-26-14-9-10-15-27(26)34(28)18-12-13-19-36-25-20-22(3)29(31)23(4)21-25/h9-10,14-15,20-21,24H,5-8,11-13,16-19H2,1-4H3,(H,32,35). The molecular formula is C30H42ClN3O2. The molecule has 0 aliphatic carbocycles. The summed E-state index contributed by atoms with van der Waals surface area (Å²) in [6, 6.07) is 12.4. The Morgan fingerprint density at radius 2 is 1.75 bits per heavy atom. The number of imidazole rings is 1. The maximum absolute atomic E-state index is 12.1. The number of aromatic nitrogens is 2. The third-order valence-electron chi connectivity index (χ3n) is 6.92. The Balaban J connectivity index is 1.46. The van der Waals surface area contributed by atoms with Gasteiger partial charge in [-0.1, -0.05) is 44.0 Å². The number of amides is 1. The molecule has 0 aliphatic heterocycles. The highest BCUT2D eigenvalue weighted by atomic mass is 35.5. The molecule has 196 valence electrons. The van der Waals surface area contributed by atoms with E-state index >= 15 is 0 Å². The number of aryl methyl sites for hydroxylation is 4. The number of para-hydroxylation sites is 2. The Morgan fingerprint density at radius 3 is 2.47 bits per heavy atom. The normalized spacial score (nSPS) is 11.4. The van der Waals surface area contributed by atoms with E-state index in [1.807, 2.05) is 26.0 Å². The molecule has 3 aromatic rings. The first-order chi connectivity index (χ1) is 17.4. The fraction of sp³-hybridized carbons (Fsp3) is 0.533. The summed E-state index contributed by atoms with van der Waals surface area (Å²) in [5.41, 5.74) is 4.37. The lowest BCUT2D eigenvalue weighted by Gasteiger charge is -2.13. The fourth-order valence-corrected chi connectivity index (χ4v) is 4.83. The van der Waals surface area contributed by atoms with E-state index in [4.69, 9.17) is 21.3 Å². The molecule has 0 aliphatic rings. The molecule has 36 heavy (non-hydrogen) atoms. The molecule has 0 radical (unpaired) electrons. The highest BCUT2D eigenvalue weighted by molar-refractivity contribution is 6.32. The van der Waals surface area contributed by atoms with E-state index < -0.39 is 0 Å². The molecule has 0 spiro atoms. The van der Waals surface area contributed by atoms with Gasteiger partial charge in [-0.05, 0) is 87.8 Å². The largest absolute Gasteiger partial charge is 0.494 e. The molecule has 3 rings (SSSR count). The molecule has 6 heteroatoms. The maximum Gasteiger partial charge on any atom is 0.223 e. The Morgan fingerprint density at radius 1 is 1.03 bits per heavy atom. The Labute approximate surface area is 221 Å². The molecule has 1 heterocycles. The highest BCUT2D eigenvalue weighted by Gasteiger charge is 2.13. The second-order valence-corrected chi connectivity index (χ2v) is 10.1. The Bertz CT molecular complexity index is 1100. The van der Waals surface area contributed by atoms with Crippen LogP contribution < -0.4 is 10.1 Å². The number of carbonyl (C=O) groups is 1. The van der Waals surface area contributed by atoms with Gasteiger partial charge in [-0.2, -0.15) is 0 Å². The molecule has 1 amide bonds. The van der Waals surface area contributed by atoms with Crippen molar-refractivity contribution in [1.82, 2.24) is 14.9 Å². The lowest BCUT2D eigenvalue weighted by Crippen LogP contribution is -2.30. The summed E-state index contributed by atoms with van der Waals surface area (Å²) in [7, 11) is 0. The van der Waals surface area contributed by atoms with Crippen molar-refractivity contribution in [2.24, 2.45) is 5.92 Å². The predicted molar refractivity (Wildman–Crippen MR) is 150 cm³/mol. The summed E-state index contributed by atoms with van der Waals surface area (Å²) in [5.74, 6) is 2.39. The molecule has 0 saturated heterocycles. The minimum atomic E-state index is 0.148. The van der Waals surface area contributed by atoms with Gasteiger partial charge in [0.2, 0.25) is 5.91 Å². The number of carbonyl (C=O) groups excluding carboxylic acids is 1. The van der Waals surface area contributed by atoms with E-state index in [-0.39, 0.29) is 11.8 Å². The molecule has 1 N–H and O–H groups in total. The average Bonchev–Trinajstić information content (AvgIpc) is 3.22. The number of benzene rings is 2. The molecule has 0 saturated carbocycles. The molecule has 0 unspecified atom stereocenters. The third kappa shape index (κ3) is 7.73. The maximum atomic E-state index is 12.1. The Hall–Kier alpha value is -2.53. The third-order valence-corrected chi connectivity index (χ3v) is 7.52. The highest BCUT2D eigenvalue weighted by Crippen LogP contribution is 2.26. The van der Waals surface area contributed by atoms with Crippen LogP contribution in [0.25, 0.3) is 11.0 Å². The van der Waals surface area contributed by atoms with E-state index in [1.165, 1.54) is 5.52 Å². The van der Waals surface area contributed by atoms with E-state index in [0.29, 0.717) is 6.61 Å². The number of unbranched alkanes of at least 4 members (excludes halogenated alkanes) is 3. The number of ether oxygens (including phenoxy) is 1. The van der Waals surface area contributed by atoms with Crippen molar-refractivity contribution < 1.29 is 9.53 Å². The number of nitrogens with one attached hydrogen (secondary N) is 1. The Kier molecular flexibility index (Phi) is 11.1. The van der Waals surface area contributed by atoms with Gasteiger partial charge in [0, 0.05) is 30.5 Å². The minimum Gasteiger partial charge on any atom is -0.494 e. The number of rotatable bonds is 15. The van der Waals surface area contributed by atoms with Crippen LogP contribution in [0.3, 0.4) is 0 Å². The smallest absolute Gasteiger partial charge is 0.223 e. The second-order valence-electron chi connectivity index (χ2n) is 9.71. The van der Waals surface area contributed by atoms with Crippen LogP contribution in [0.2, 0.25) is 5.02 Å². The monoisotopic (exact) mass is 511 g/mol. The zero-order valence-electron chi connectivity index (χ0n) is 22.4. The van der Waals surface area contributed by atoms with Crippen molar-refractivity contribution >= 4 is 28.5 Å². The predicted octanol–water partition coefficient (Wildman–Crippen LogP) is 7.43. The van der Waals surface area contributed by atoms with Crippen LogP contribution >= 0.6 is 11.6 Å². The van der Waals surface area contributed by atoms with Crippen LogP contribution in [0.4, 0.5) is 0 Å². The summed E-state index contributed by atoms with van der Waals surface area (Å²) in [5, 5.41) is 3.91. The van der Waals surface area contributed by atoms with Crippen LogP contribution in [0.5, 0.6) is 5.75 Å². The summed E-state index contributed by atoms with van der Waals surface area (Å²) in [6.45, 7) is 10.6. The van der Waals surface area contributed by atoms with Gasteiger partial charge in [-0.25, -0.2) is 4.98 Å². The number of fused-ring (bicyclic) bond motifs is 1. The van der Waals surface area contributed by atoms with Gasteiger partial charge in [0.25, 0.3) is 0 Å². The molecule has 0 fully saturated rings. The molecule has 0 bridgehead atoms. The first kappa shape index (κ1) is 28.0. The van der Waals surface area contributed by atoms with Crippen molar-refractivity contribution in [1.29, 1.82) is 0 Å². The SMILES string of the molecule is CCC(CC)C(=O)NCCCCCc1nc2ccccc2n1CCCCOc1cc(C)c(Cl)c(C)c1. The minimum absolute atomic E-state index is 0.148. The van der Waals surface area contributed by atoms with Crippen molar-refractivity contribution in [3.63, 3.8) is 0 Å². The number of nitrogens with zero attached hydrogens (tertiary/aromatic N) is 2. The summed E-state index contributed by atoms with van der Waals surface area (Å²) in [4.78, 5) is 17.1. The van der Waals surface area contributed by atoms with Crippen molar-refractivity contribution in [3.8, 4) is 5.75 Å². The first-order valence-electron chi connectivity index (χ1n) is 13.6. The van der Waals surface area contributed by atoms with Crippen LogP contribution in [-0.4, -0.2) is 28.6 Å². The van der Waals surface area contributed by atoms with E-state index in [0.717, 1.165) is 97.7 Å². The van der Waals surface area contributed by atoms with Crippen LogP contribution in [-0.2, 0) is 17.8 Å². The quantitative estimate of drug-likeness (QED) is 0.216. The molecule has 0 atom stereocenters. The molecular weight excluding hydrogens is 470 g/mol. The molecule has 1 aromatic heterocycles. The van der Waals surface area contributed by atoms with Gasteiger partial charge in [0.15, 0.2) is 0 Å². The molecule has 5 nitrogen and oxygen atoms in total. The zero-order chi connectivity index (χ0) is 25.9. The van der Waals surface area contributed by atoms with Gasteiger partial charge < -0.3 is 14.6 Å². The molecule has 2 aromatic carbocycles. The van der Waals surface area contributed by atoms with Crippen molar-refractivity contribution in [3.05, 3.63) is 58.4 Å². The van der Waals surface area contributed by atoms with E-state index in [9.17, 15) is 4.79 Å². The van der Waals surface area contributed by atoms with Gasteiger partial charge in [0.1, 0.15) is 11.6 Å². The van der Waals surface area contributed by atoms with Gasteiger partial charge in [0.05, 0.1) is 17.6 Å². The van der Waals surface area contributed by atoms with Crippen LogP contribution in [0, 0.1) is 19.8 Å². The van der Waals surface area contributed by atoms with Crippen molar-refractivity contribution in [2.75, 3.05) is 13.2 Å². The summed E-state index contributed by atoms with van der Waals surface area (Å²) in [6.07, 6.45) is 7.94. The number of hydrogen-bond acceptors (Lipinski definition) is 3. The zero-order valence-corrected chi connectivity index (χ0v) is 23.2. The summed E-state index contributed by atoms with van der Waals surface area (Å²) >= 11 is 6.27. The van der Waals surface area contributed by atoms with Crippen LogP contribution in [0.1, 0.15) is 75.7 Å². The first-order valence-corrected chi connectivity index (χ1v) is 13.9. The second kappa shape index (κ2) is 14.3.